The van der Waals surface area contributed by atoms with E-state index in [4.69, 9.17) is 5.11 Å². The third-order valence-corrected chi connectivity index (χ3v) is 3.97. The molecule has 1 heterocycles. The Labute approximate surface area is 143 Å². The van der Waals surface area contributed by atoms with Crippen LogP contribution in [-0.2, 0) is 9.59 Å². The van der Waals surface area contributed by atoms with Gasteiger partial charge in [-0.3, -0.25) is 9.59 Å². The molecule has 1 aliphatic heterocycles. The molecule has 6 nitrogen and oxygen atoms in total. The average Bonchev–Trinajstić information content (AvgIpc) is 2.92. The summed E-state index contributed by atoms with van der Waals surface area (Å²) in [6.07, 6.45) is -0.0679. The van der Waals surface area contributed by atoms with Gasteiger partial charge in [-0.15, -0.1) is 0 Å². The maximum Gasteiger partial charge on any atom is 0.343 e. The van der Waals surface area contributed by atoms with Gasteiger partial charge in [0.05, 0.1) is 12.2 Å². The quantitative estimate of drug-likeness (QED) is 0.850. The van der Waals surface area contributed by atoms with Crippen LogP contribution in [0.2, 0.25) is 0 Å². The number of halogens is 2. The minimum Gasteiger partial charge on any atom is -0.479 e. The van der Waals surface area contributed by atoms with Gasteiger partial charge in [-0.25, -0.2) is 13.6 Å². The normalized spacial score (nSPS) is 20.0. The zero-order valence-electron chi connectivity index (χ0n) is 14.0. The first-order valence-corrected chi connectivity index (χ1v) is 7.93. The molecule has 2 amide bonds. The minimum absolute atomic E-state index is 0.0333. The number of nitrogens with one attached hydrogen (secondary N) is 1. The number of aliphatic carboxylic acids is 1. The highest BCUT2D eigenvalue weighted by atomic mass is 19.1. The Morgan fingerprint density at radius 1 is 1.36 bits per heavy atom. The molecule has 0 spiro atoms. The summed E-state index contributed by atoms with van der Waals surface area (Å²) in [7, 11) is 0. The van der Waals surface area contributed by atoms with Gasteiger partial charge in [-0.2, -0.15) is 0 Å². The Kier molecular flexibility index (Phi) is 5.39. The molecule has 1 aromatic carbocycles. The van der Waals surface area contributed by atoms with Crippen molar-refractivity contribution in [3.8, 4) is 0 Å². The standard InChI is InChI=1S/C17H20F2N2O4/c1-10(2)7-14(22)20-13-4-3-11(8-12(13)18)15(23)21-6-5-17(19,9-21)16(24)25/h3-4,8,10H,5-7,9H2,1-2H3,(H,20,22)(H,24,25). The number of benzene rings is 1. The van der Waals surface area contributed by atoms with E-state index >= 15 is 0 Å². The third-order valence-electron chi connectivity index (χ3n) is 3.97. The number of nitrogens with zero attached hydrogens (tertiary/aromatic N) is 1. The second kappa shape index (κ2) is 7.16. The highest BCUT2D eigenvalue weighted by Gasteiger charge is 2.47. The number of carboxylic acid groups (broad SMARTS) is 1. The van der Waals surface area contributed by atoms with E-state index < -0.39 is 29.9 Å². The SMILES string of the molecule is CC(C)CC(=O)Nc1ccc(C(=O)N2CCC(F)(C(=O)O)C2)cc1F. The van der Waals surface area contributed by atoms with E-state index in [-0.39, 0.29) is 42.5 Å². The number of carbonyl (C=O) groups is 3. The molecule has 1 fully saturated rings. The van der Waals surface area contributed by atoms with Gasteiger partial charge >= 0.3 is 5.97 Å². The number of rotatable bonds is 5. The number of carboxylic acids is 1. The molecule has 0 aliphatic carbocycles. The van der Waals surface area contributed by atoms with Crippen molar-refractivity contribution in [2.24, 2.45) is 5.92 Å². The van der Waals surface area contributed by atoms with Crippen molar-refractivity contribution in [3.63, 3.8) is 0 Å². The van der Waals surface area contributed by atoms with Crippen molar-refractivity contribution in [1.82, 2.24) is 4.90 Å². The summed E-state index contributed by atoms with van der Waals surface area (Å²) in [4.78, 5) is 35.9. The van der Waals surface area contributed by atoms with Crippen LogP contribution in [-0.4, -0.2) is 46.5 Å². The second-order valence-corrected chi connectivity index (χ2v) is 6.59. The summed E-state index contributed by atoms with van der Waals surface area (Å²) in [5.74, 6) is -3.27. The number of hydrogen-bond donors (Lipinski definition) is 2. The van der Waals surface area contributed by atoms with E-state index in [1.165, 1.54) is 12.1 Å². The van der Waals surface area contributed by atoms with Gasteiger partial charge in [0.1, 0.15) is 5.82 Å². The number of anilines is 1. The van der Waals surface area contributed by atoms with Gasteiger partial charge in [0, 0.05) is 24.9 Å². The molecule has 0 saturated carbocycles. The Balaban J connectivity index is 2.09. The fraction of sp³-hybridized carbons (Fsp3) is 0.471. The zero-order chi connectivity index (χ0) is 18.8. The Hall–Kier alpha value is -2.51. The maximum atomic E-state index is 14.1. The van der Waals surface area contributed by atoms with Gasteiger partial charge in [-0.1, -0.05) is 13.8 Å². The first-order valence-electron chi connectivity index (χ1n) is 7.93. The summed E-state index contributed by atoms with van der Waals surface area (Å²) in [5, 5.41) is 11.3. The van der Waals surface area contributed by atoms with Crippen molar-refractivity contribution in [2.75, 3.05) is 18.4 Å². The molecule has 2 N–H and O–H groups in total. The zero-order valence-corrected chi connectivity index (χ0v) is 14.0. The van der Waals surface area contributed by atoms with E-state index in [0.717, 1.165) is 11.0 Å². The summed E-state index contributed by atoms with van der Waals surface area (Å²) in [6.45, 7) is 3.08. The fourth-order valence-electron chi connectivity index (χ4n) is 2.62. The van der Waals surface area contributed by atoms with Crippen LogP contribution in [0.15, 0.2) is 18.2 Å². The number of amides is 2. The molecule has 136 valence electrons. The van der Waals surface area contributed by atoms with Crippen molar-refractivity contribution in [1.29, 1.82) is 0 Å². The van der Waals surface area contributed by atoms with Crippen LogP contribution in [0, 0.1) is 11.7 Å². The molecule has 1 aromatic rings. The molecule has 0 radical (unpaired) electrons. The fourth-order valence-corrected chi connectivity index (χ4v) is 2.62. The molecule has 1 unspecified atom stereocenters. The molecule has 25 heavy (non-hydrogen) atoms. The molecule has 1 saturated heterocycles. The molecule has 0 bridgehead atoms. The molecule has 1 aliphatic rings. The van der Waals surface area contributed by atoms with E-state index in [1.54, 1.807) is 0 Å². The lowest BCUT2D eigenvalue weighted by Gasteiger charge is -2.18. The molecular formula is C17H20F2N2O4. The highest BCUT2D eigenvalue weighted by molar-refractivity contribution is 5.96. The minimum atomic E-state index is -2.47. The van der Waals surface area contributed by atoms with Crippen LogP contribution >= 0.6 is 0 Å². The Bertz CT molecular complexity index is 708. The largest absolute Gasteiger partial charge is 0.479 e. The van der Waals surface area contributed by atoms with Crippen molar-refractivity contribution < 1.29 is 28.3 Å². The second-order valence-electron chi connectivity index (χ2n) is 6.59. The highest BCUT2D eigenvalue weighted by Crippen LogP contribution is 2.27. The first kappa shape index (κ1) is 18.8. The van der Waals surface area contributed by atoms with Crippen molar-refractivity contribution in [2.45, 2.75) is 32.4 Å². The lowest BCUT2D eigenvalue weighted by Crippen LogP contribution is -2.38. The van der Waals surface area contributed by atoms with E-state index in [0.29, 0.717) is 0 Å². The predicted molar refractivity (Wildman–Crippen MR) is 86.5 cm³/mol. The van der Waals surface area contributed by atoms with Crippen molar-refractivity contribution >= 4 is 23.5 Å². The first-order chi connectivity index (χ1) is 11.6. The number of hydrogen-bond acceptors (Lipinski definition) is 3. The lowest BCUT2D eigenvalue weighted by atomic mass is 10.1. The van der Waals surface area contributed by atoms with E-state index in [2.05, 4.69) is 5.32 Å². The van der Waals surface area contributed by atoms with Crippen LogP contribution < -0.4 is 5.32 Å². The molecule has 0 aromatic heterocycles. The Morgan fingerprint density at radius 2 is 2.04 bits per heavy atom. The van der Waals surface area contributed by atoms with E-state index in [1.807, 2.05) is 13.8 Å². The van der Waals surface area contributed by atoms with Gasteiger partial charge in [0.15, 0.2) is 0 Å². The number of carbonyl (C=O) groups excluding carboxylic acids is 2. The van der Waals surface area contributed by atoms with Crippen LogP contribution in [0.1, 0.15) is 37.0 Å². The lowest BCUT2D eigenvalue weighted by molar-refractivity contribution is -0.149. The topological polar surface area (TPSA) is 86.7 Å². The van der Waals surface area contributed by atoms with Crippen LogP contribution in [0.5, 0.6) is 0 Å². The number of likely N-dealkylation sites (tertiary alicyclic amines) is 1. The third kappa shape index (κ3) is 4.32. The smallest absolute Gasteiger partial charge is 0.343 e. The van der Waals surface area contributed by atoms with Crippen LogP contribution in [0.25, 0.3) is 0 Å². The predicted octanol–water partition coefficient (Wildman–Crippen LogP) is 2.45. The molecular weight excluding hydrogens is 334 g/mol. The van der Waals surface area contributed by atoms with Crippen molar-refractivity contribution in [3.05, 3.63) is 29.6 Å². The number of alkyl halides is 1. The van der Waals surface area contributed by atoms with E-state index in [9.17, 15) is 23.2 Å². The van der Waals surface area contributed by atoms with Gasteiger partial charge in [0.2, 0.25) is 11.6 Å². The van der Waals surface area contributed by atoms with Gasteiger partial charge in [0.25, 0.3) is 5.91 Å². The summed E-state index contributed by atoms with van der Waals surface area (Å²) in [5.41, 5.74) is -2.55. The monoisotopic (exact) mass is 354 g/mol. The summed E-state index contributed by atoms with van der Waals surface area (Å²) >= 11 is 0. The van der Waals surface area contributed by atoms with Gasteiger partial charge < -0.3 is 15.3 Å². The molecule has 8 heteroatoms. The average molecular weight is 354 g/mol. The molecule has 1 atom stereocenters. The summed E-state index contributed by atoms with van der Waals surface area (Å²) in [6, 6.07) is 3.53. The van der Waals surface area contributed by atoms with Gasteiger partial charge in [-0.05, 0) is 24.1 Å². The van der Waals surface area contributed by atoms with Crippen LogP contribution in [0.3, 0.4) is 0 Å². The summed E-state index contributed by atoms with van der Waals surface area (Å²) < 4.78 is 28.2. The Morgan fingerprint density at radius 3 is 2.56 bits per heavy atom. The maximum absolute atomic E-state index is 14.1. The molecule has 2 rings (SSSR count). The van der Waals surface area contributed by atoms with Crippen LogP contribution in [0.4, 0.5) is 14.5 Å².